The van der Waals surface area contributed by atoms with Crippen LogP contribution in [-0.4, -0.2) is 29.1 Å². The molecule has 0 saturated heterocycles. The second kappa shape index (κ2) is 7.79. The Hall–Kier alpha value is -0.870. The highest BCUT2D eigenvalue weighted by Crippen LogP contribution is 2.24. The smallest absolute Gasteiger partial charge is 0.260 e. The van der Waals surface area contributed by atoms with Crippen molar-refractivity contribution in [3.63, 3.8) is 0 Å². The van der Waals surface area contributed by atoms with Crippen LogP contribution in [-0.2, 0) is 4.79 Å². The summed E-state index contributed by atoms with van der Waals surface area (Å²) in [5.74, 6) is 1.29. The Bertz CT molecular complexity index is 446. The predicted octanol–water partition coefficient (Wildman–Crippen LogP) is 3.76. The average Bonchev–Trinajstić information content (AvgIpc) is 2.36. The fraction of sp³-hybridized carbons (Fsp3) is 0.533. The zero-order valence-corrected chi connectivity index (χ0v) is 14.0. The topological polar surface area (TPSA) is 38.3 Å². The number of amides is 1. The van der Waals surface area contributed by atoms with Gasteiger partial charge >= 0.3 is 0 Å². The van der Waals surface area contributed by atoms with Crippen molar-refractivity contribution in [1.29, 1.82) is 0 Å². The fourth-order valence-corrected chi connectivity index (χ4v) is 2.46. The summed E-state index contributed by atoms with van der Waals surface area (Å²) < 4.78 is 5.77. The summed E-state index contributed by atoms with van der Waals surface area (Å²) in [6.45, 7) is 8.82. The van der Waals surface area contributed by atoms with Gasteiger partial charge in [0.05, 0.1) is 5.02 Å². The molecule has 0 fully saturated rings. The van der Waals surface area contributed by atoms with Gasteiger partial charge in [0.25, 0.3) is 5.91 Å². The highest BCUT2D eigenvalue weighted by atomic mass is 35.5. The van der Waals surface area contributed by atoms with Crippen molar-refractivity contribution in [2.75, 3.05) is 12.3 Å². The number of hydrogen-bond acceptors (Lipinski definition) is 3. The van der Waals surface area contributed by atoms with Gasteiger partial charge in [0.1, 0.15) is 5.75 Å². The van der Waals surface area contributed by atoms with E-state index in [1.807, 2.05) is 23.9 Å². The number of ether oxygens (including phenoxy) is 1. The van der Waals surface area contributed by atoms with Crippen LogP contribution in [0, 0.1) is 0 Å². The molecule has 1 rings (SSSR count). The van der Waals surface area contributed by atoms with Crippen molar-refractivity contribution in [3.8, 4) is 5.75 Å². The Labute approximate surface area is 130 Å². The van der Waals surface area contributed by atoms with E-state index in [4.69, 9.17) is 16.3 Å². The van der Waals surface area contributed by atoms with Crippen LogP contribution in [0.25, 0.3) is 0 Å². The molecule has 3 nitrogen and oxygen atoms in total. The van der Waals surface area contributed by atoms with E-state index in [1.165, 1.54) is 0 Å². The zero-order chi connectivity index (χ0) is 15.2. The van der Waals surface area contributed by atoms with Gasteiger partial charge in [-0.25, -0.2) is 0 Å². The fourth-order valence-electron chi connectivity index (χ4n) is 1.46. The largest absolute Gasteiger partial charge is 0.479 e. The lowest BCUT2D eigenvalue weighted by atomic mass is 10.3. The van der Waals surface area contributed by atoms with E-state index in [2.05, 4.69) is 26.1 Å². The SMILES string of the molecule is C[C@@H](Oc1ccccc1Cl)C(=O)NCCSC(C)(C)C. The standard InChI is InChI=1S/C15H22ClNO2S/c1-11(19-13-8-6-5-7-12(13)16)14(18)17-9-10-20-15(2,3)4/h5-8,11H,9-10H2,1-4H3,(H,17,18)/t11-/m1/s1. The molecule has 0 aliphatic heterocycles. The molecule has 0 aliphatic rings. The highest BCUT2D eigenvalue weighted by molar-refractivity contribution is 8.00. The lowest BCUT2D eigenvalue weighted by Gasteiger charge is -2.18. The van der Waals surface area contributed by atoms with Gasteiger partial charge in [-0.15, -0.1) is 0 Å². The summed E-state index contributed by atoms with van der Waals surface area (Å²) in [7, 11) is 0. The Morgan fingerprint density at radius 1 is 1.40 bits per heavy atom. The summed E-state index contributed by atoms with van der Waals surface area (Å²) in [4.78, 5) is 11.9. The quantitative estimate of drug-likeness (QED) is 0.812. The van der Waals surface area contributed by atoms with E-state index in [9.17, 15) is 4.79 Å². The number of nitrogens with one attached hydrogen (secondary N) is 1. The summed E-state index contributed by atoms with van der Waals surface area (Å²) in [5.41, 5.74) is 0. The molecule has 0 spiro atoms. The number of thioether (sulfide) groups is 1. The van der Waals surface area contributed by atoms with Crippen molar-refractivity contribution in [1.82, 2.24) is 5.32 Å². The van der Waals surface area contributed by atoms with Crippen molar-refractivity contribution >= 4 is 29.3 Å². The number of benzene rings is 1. The van der Waals surface area contributed by atoms with E-state index in [1.54, 1.807) is 19.1 Å². The first-order valence-corrected chi connectivity index (χ1v) is 7.99. The molecule has 1 amide bonds. The third kappa shape index (κ3) is 6.53. The minimum Gasteiger partial charge on any atom is -0.479 e. The van der Waals surface area contributed by atoms with E-state index in [-0.39, 0.29) is 10.7 Å². The third-order valence-corrected chi connectivity index (χ3v) is 4.03. The van der Waals surface area contributed by atoms with Crippen molar-refractivity contribution in [2.45, 2.75) is 38.5 Å². The van der Waals surface area contributed by atoms with Crippen LogP contribution in [0.15, 0.2) is 24.3 Å². The molecule has 1 atom stereocenters. The van der Waals surface area contributed by atoms with Gasteiger partial charge in [-0.3, -0.25) is 4.79 Å². The maximum Gasteiger partial charge on any atom is 0.260 e. The number of para-hydroxylation sites is 1. The Morgan fingerprint density at radius 3 is 2.65 bits per heavy atom. The van der Waals surface area contributed by atoms with Crippen LogP contribution in [0.5, 0.6) is 5.75 Å². The van der Waals surface area contributed by atoms with Crippen LogP contribution in [0.1, 0.15) is 27.7 Å². The monoisotopic (exact) mass is 315 g/mol. The van der Waals surface area contributed by atoms with Crippen LogP contribution >= 0.6 is 23.4 Å². The summed E-state index contributed by atoms with van der Waals surface area (Å²) in [5, 5.41) is 3.38. The molecule has 0 saturated carbocycles. The molecule has 0 heterocycles. The van der Waals surface area contributed by atoms with Gasteiger partial charge in [0, 0.05) is 17.0 Å². The Kier molecular flexibility index (Phi) is 6.69. The number of halogens is 1. The van der Waals surface area contributed by atoms with Gasteiger partial charge in [-0.2, -0.15) is 11.8 Å². The number of rotatable bonds is 6. The van der Waals surface area contributed by atoms with Gasteiger partial charge in [-0.1, -0.05) is 44.5 Å². The molecule has 20 heavy (non-hydrogen) atoms. The maximum absolute atomic E-state index is 11.9. The number of carbonyl (C=O) groups excluding carboxylic acids is 1. The summed E-state index contributed by atoms with van der Waals surface area (Å²) in [6, 6.07) is 7.14. The first-order chi connectivity index (χ1) is 9.29. The van der Waals surface area contributed by atoms with Crippen molar-refractivity contribution < 1.29 is 9.53 Å². The molecule has 1 aromatic rings. The van der Waals surface area contributed by atoms with Gasteiger partial charge < -0.3 is 10.1 Å². The molecule has 0 aliphatic carbocycles. The highest BCUT2D eigenvalue weighted by Gasteiger charge is 2.16. The molecule has 0 unspecified atom stereocenters. The lowest BCUT2D eigenvalue weighted by molar-refractivity contribution is -0.127. The maximum atomic E-state index is 11.9. The van der Waals surface area contributed by atoms with Gasteiger partial charge in [0.15, 0.2) is 6.10 Å². The second-order valence-electron chi connectivity index (χ2n) is 5.44. The molecule has 5 heteroatoms. The first kappa shape index (κ1) is 17.2. The van der Waals surface area contributed by atoms with Gasteiger partial charge in [-0.05, 0) is 19.1 Å². The molecule has 112 valence electrons. The van der Waals surface area contributed by atoms with E-state index >= 15 is 0 Å². The average molecular weight is 316 g/mol. The summed E-state index contributed by atoms with van der Waals surface area (Å²) >= 11 is 7.81. The normalized spacial score (nSPS) is 12.8. The van der Waals surface area contributed by atoms with E-state index in [0.29, 0.717) is 17.3 Å². The molecule has 1 aromatic carbocycles. The zero-order valence-electron chi connectivity index (χ0n) is 12.4. The molecule has 1 N–H and O–H groups in total. The number of carbonyl (C=O) groups is 1. The Morgan fingerprint density at radius 2 is 2.05 bits per heavy atom. The van der Waals surface area contributed by atoms with Gasteiger partial charge in [0.2, 0.25) is 0 Å². The van der Waals surface area contributed by atoms with Crippen molar-refractivity contribution in [3.05, 3.63) is 29.3 Å². The van der Waals surface area contributed by atoms with Crippen molar-refractivity contribution in [2.24, 2.45) is 0 Å². The molecule has 0 aromatic heterocycles. The minimum absolute atomic E-state index is 0.126. The summed E-state index contributed by atoms with van der Waals surface area (Å²) in [6.07, 6.45) is -0.561. The number of hydrogen-bond donors (Lipinski definition) is 1. The lowest BCUT2D eigenvalue weighted by Crippen LogP contribution is -2.37. The van der Waals surface area contributed by atoms with Crippen LogP contribution in [0.2, 0.25) is 5.02 Å². The minimum atomic E-state index is -0.561. The van der Waals surface area contributed by atoms with E-state index in [0.717, 1.165) is 5.75 Å². The Balaban J connectivity index is 2.35. The first-order valence-electron chi connectivity index (χ1n) is 6.62. The third-order valence-electron chi connectivity index (χ3n) is 2.45. The van der Waals surface area contributed by atoms with E-state index < -0.39 is 6.10 Å². The van der Waals surface area contributed by atoms with Crippen LogP contribution < -0.4 is 10.1 Å². The molecular formula is C15H22ClNO2S. The van der Waals surface area contributed by atoms with Crippen LogP contribution in [0.4, 0.5) is 0 Å². The van der Waals surface area contributed by atoms with Crippen LogP contribution in [0.3, 0.4) is 0 Å². The predicted molar refractivity (Wildman–Crippen MR) is 86.8 cm³/mol. The molecule has 0 bridgehead atoms. The second-order valence-corrected chi connectivity index (χ2v) is 7.77. The molecule has 0 radical (unpaired) electrons. The molecular weight excluding hydrogens is 294 g/mol.